The molecule has 0 aromatic heterocycles. The third-order valence-electron chi connectivity index (χ3n) is 1.72. The van der Waals surface area contributed by atoms with Gasteiger partial charge in [0.05, 0.1) is 13.2 Å². The van der Waals surface area contributed by atoms with Gasteiger partial charge in [0.1, 0.15) is 6.10 Å². The Labute approximate surface area is 67.3 Å². The Morgan fingerprint density at radius 2 is 2.18 bits per heavy atom. The zero-order valence-corrected chi connectivity index (χ0v) is 6.95. The molecule has 0 aromatic carbocycles. The first kappa shape index (κ1) is 8.97. The van der Waals surface area contributed by atoms with Crippen LogP contribution in [-0.2, 0) is 9.47 Å². The predicted octanol–water partition coefficient (Wildman–Crippen LogP) is 0.420. The van der Waals surface area contributed by atoms with E-state index in [1.54, 1.807) is 7.11 Å². The van der Waals surface area contributed by atoms with Crippen LogP contribution < -0.4 is 0 Å². The van der Waals surface area contributed by atoms with Gasteiger partial charge in [-0.05, 0) is 18.8 Å². The van der Waals surface area contributed by atoms with Gasteiger partial charge in [-0.15, -0.1) is 0 Å². The maximum Gasteiger partial charge on any atom is 0.101 e. The van der Waals surface area contributed by atoms with E-state index in [1.165, 1.54) is 12.8 Å². The lowest BCUT2D eigenvalue weighted by atomic mass is 10.4. The van der Waals surface area contributed by atoms with Gasteiger partial charge in [0.25, 0.3) is 0 Å². The van der Waals surface area contributed by atoms with E-state index in [1.807, 2.05) is 0 Å². The maximum absolute atomic E-state index is 9.13. The number of ether oxygens (including phenoxy) is 2. The first-order valence-electron chi connectivity index (χ1n) is 4.07. The Kier molecular flexibility index (Phi) is 3.83. The number of methoxy groups -OCH3 is 1. The Morgan fingerprint density at radius 1 is 1.45 bits per heavy atom. The molecule has 1 unspecified atom stereocenters. The van der Waals surface area contributed by atoms with Crippen LogP contribution >= 0.6 is 0 Å². The fraction of sp³-hybridized carbons (Fsp3) is 1.00. The minimum atomic E-state index is -0.459. The quantitative estimate of drug-likeness (QED) is 0.612. The molecule has 0 saturated heterocycles. The summed E-state index contributed by atoms with van der Waals surface area (Å²) in [5.41, 5.74) is 0. The van der Waals surface area contributed by atoms with Gasteiger partial charge in [-0.1, -0.05) is 0 Å². The van der Waals surface area contributed by atoms with Crippen molar-refractivity contribution >= 4 is 0 Å². The lowest BCUT2D eigenvalue weighted by molar-refractivity contribution is -0.00862. The molecule has 11 heavy (non-hydrogen) atoms. The standard InChI is InChI=1S/C8H16O3/c1-10-5-8(9)6-11-4-7-2-3-7/h7-9H,2-6H2,1H3. The highest BCUT2D eigenvalue weighted by atomic mass is 16.5. The van der Waals surface area contributed by atoms with Crippen LogP contribution in [-0.4, -0.2) is 38.1 Å². The molecule has 1 fully saturated rings. The number of hydrogen-bond donors (Lipinski definition) is 1. The Hall–Kier alpha value is -0.120. The van der Waals surface area contributed by atoms with E-state index in [9.17, 15) is 0 Å². The molecule has 0 heterocycles. The Balaban J connectivity index is 1.84. The predicted molar refractivity (Wildman–Crippen MR) is 41.4 cm³/mol. The van der Waals surface area contributed by atoms with Crippen LogP contribution in [0.1, 0.15) is 12.8 Å². The van der Waals surface area contributed by atoms with Gasteiger partial charge in [-0.25, -0.2) is 0 Å². The van der Waals surface area contributed by atoms with Crippen molar-refractivity contribution in [2.24, 2.45) is 5.92 Å². The van der Waals surface area contributed by atoms with Gasteiger partial charge in [-0.3, -0.25) is 0 Å². The molecule has 3 heteroatoms. The normalized spacial score (nSPS) is 20.2. The first-order chi connectivity index (χ1) is 5.33. The molecule has 0 aromatic rings. The van der Waals surface area contributed by atoms with Gasteiger partial charge in [-0.2, -0.15) is 0 Å². The van der Waals surface area contributed by atoms with Crippen molar-refractivity contribution in [3.8, 4) is 0 Å². The van der Waals surface area contributed by atoms with Crippen molar-refractivity contribution < 1.29 is 14.6 Å². The summed E-state index contributed by atoms with van der Waals surface area (Å²) in [7, 11) is 1.57. The Bertz CT molecular complexity index is 102. The number of hydrogen-bond acceptors (Lipinski definition) is 3. The van der Waals surface area contributed by atoms with E-state index in [-0.39, 0.29) is 0 Å². The number of aliphatic hydroxyl groups is 1. The molecule has 0 aliphatic heterocycles. The fourth-order valence-electron chi connectivity index (χ4n) is 0.896. The van der Waals surface area contributed by atoms with Gasteiger partial charge < -0.3 is 14.6 Å². The largest absolute Gasteiger partial charge is 0.388 e. The van der Waals surface area contributed by atoms with Gasteiger partial charge in [0, 0.05) is 13.7 Å². The molecule has 3 nitrogen and oxygen atoms in total. The highest BCUT2D eigenvalue weighted by molar-refractivity contribution is 4.72. The third-order valence-corrected chi connectivity index (χ3v) is 1.72. The molecule has 0 bridgehead atoms. The minimum Gasteiger partial charge on any atom is -0.388 e. The average Bonchev–Trinajstić information content (AvgIpc) is 2.72. The average molecular weight is 160 g/mol. The second kappa shape index (κ2) is 4.70. The second-order valence-electron chi connectivity index (χ2n) is 3.09. The molecule has 1 saturated carbocycles. The zero-order chi connectivity index (χ0) is 8.10. The van der Waals surface area contributed by atoms with E-state index in [0.29, 0.717) is 13.2 Å². The summed E-state index contributed by atoms with van der Waals surface area (Å²) in [5, 5.41) is 9.13. The Morgan fingerprint density at radius 3 is 2.73 bits per heavy atom. The monoisotopic (exact) mass is 160 g/mol. The molecule has 1 aliphatic carbocycles. The van der Waals surface area contributed by atoms with Crippen molar-refractivity contribution in [3.05, 3.63) is 0 Å². The molecular formula is C8H16O3. The van der Waals surface area contributed by atoms with Gasteiger partial charge in [0.2, 0.25) is 0 Å². The fourth-order valence-corrected chi connectivity index (χ4v) is 0.896. The van der Waals surface area contributed by atoms with Crippen LogP contribution in [0.15, 0.2) is 0 Å². The van der Waals surface area contributed by atoms with Crippen molar-refractivity contribution in [3.63, 3.8) is 0 Å². The summed E-state index contributed by atoms with van der Waals surface area (Å²) in [6, 6.07) is 0. The van der Waals surface area contributed by atoms with Crippen molar-refractivity contribution in [1.82, 2.24) is 0 Å². The lowest BCUT2D eigenvalue weighted by Gasteiger charge is -2.09. The molecule has 0 spiro atoms. The van der Waals surface area contributed by atoms with Crippen LogP contribution in [0.3, 0.4) is 0 Å². The van der Waals surface area contributed by atoms with Crippen molar-refractivity contribution in [2.75, 3.05) is 26.9 Å². The van der Waals surface area contributed by atoms with Crippen molar-refractivity contribution in [2.45, 2.75) is 18.9 Å². The van der Waals surface area contributed by atoms with E-state index in [0.717, 1.165) is 12.5 Å². The smallest absolute Gasteiger partial charge is 0.101 e. The van der Waals surface area contributed by atoms with Crippen LogP contribution in [0.2, 0.25) is 0 Å². The summed E-state index contributed by atoms with van der Waals surface area (Å²) in [4.78, 5) is 0. The van der Waals surface area contributed by atoms with Crippen LogP contribution in [0.25, 0.3) is 0 Å². The minimum absolute atomic E-state index is 0.366. The maximum atomic E-state index is 9.13. The first-order valence-corrected chi connectivity index (χ1v) is 4.07. The van der Waals surface area contributed by atoms with E-state index < -0.39 is 6.10 Å². The summed E-state index contributed by atoms with van der Waals surface area (Å²) >= 11 is 0. The van der Waals surface area contributed by atoms with Crippen LogP contribution in [0.5, 0.6) is 0 Å². The summed E-state index contributed by atoms with van der Waals surface area (Å²) in [6.07, 6.45) is 2.12. The summed E-state index contributed by atoms with van der Waals surface area (Å²) in [5.74, 6) is 0.768. The SMILES string of the molecule is COCC(O)COCC1CC1. The van der Waals surface area contributed by atoms with Gasteiger partial charge >= 0.3 is 0 Å². The van der Waals surface area contributed by atoms with Crippen LogP contribution in [0, 0.1) is 5.92 Å². The zero-order valence-electron chi connectivity index (χ0n) is 6.95. The topological polar surface area (TPSA) is 38.7 Å². The molecular weight excluding hydrogens is 144 g/mol. The summed E-state index contributed by atoms with van der Waals surface area (Å²) in [6.45, 7) is 1.58. The van der Waals surface area contributed by atoms with E-state index in [2.05, 4.69) is 0 Å². The molecule has 1 aliphatic rings. The van der Waals surface area contributed by atoms with Gasteiger partial charge in [0.15, 0.2) is 0 Å². The number of rotatable bonds is 6. The molecule has 1 N–H and O–H groups in total. The third kappa shape index (κ3) is 4.35. The highest BCUT2D eigenvalue weighted by Crippen LogP contribution is 2.28. The highest BCUT2D eigenvalue weighted by Gasteiger charge is 2.21. The van der Waals surface area contributed by atoms with E-state index in [4.69, 9.17) is 14.6 Å². The second-order valence-corrected chi connectivity index (χ2v) is 3.09. The van der Waals surface area contributed by atoms with Crippen LogP contribution in [0.4, 0.5) is 0 Å². The molecule has 66 valence electrons. The molecule has 1 rings (SSSR count). The molecule has 0 radical (unpaired) electrons. The summed E-state index contributed by atoms with van der Waals surface area (Å²) < 4.78 is 9.99. The number of aliphatic hydroxyl groups excluding tert-OH is 1. The molecule has 1 atom stereocenters. The van der Waals surface area contributed by atoms with E-state index >= 15 is 0 Å². The lowest BCUT2D eigenvalue weighted by Crippen LogP contribution is -2.21. The molecule has 0 amide bonds. The van der Waals surface area contributed by atoms with Crippen molar-refractivity contribution in [1.29, 1.82) is 0 Å².